The second-order valence-electron chi connectivity index (χ2n) is 9.31. The van der Waals surface area contributed by atoms with Crippen LogP contribution in [0.3, 0.4) is 0 Å². The zero-order chi connectivity index (χ0) is 22.5. The van der Waals surface area contributed by atoms with E-state index < -0.39 is 0 Å². The molecule has 4 heteroatoms. The molecule has 0 fully saturated rings. The van der Waals surface area contributed by atoms with Crippen LogP contribution in [0, 0.1) is 17.7 Å². The second-order valence-corrected chi connectivity index (χ2v) is 9.31. The minimum absolute atomic E-state index is 0.309. The maximum absolute atomic E-state index is 14.5. The van der Waals surface area contributed by atoms with E-state index >= 15 is 0 Å². The Labute approximate surface area is 188 Å². The van der Waals surface area contributed by atoms with Gasteiger partial charge in [-0.25, -0.2) is 14.4 Å². The zero-order valence-electron chi connectivity index (χ0n) is 20.0. The van der Waals surface area contributed by atoms with E-state index in [1.54, 1.807) is 6.07 Å². The highest BCUT2D eigenvalue weighted by Crippen LogP contribution is 2.24. The molecule has 1 aromatic carbocycles. The molecule has 0 saturated carbocycles. The number of unbranched alkanes of at least 4 members (excludes halogenated alkanes) is 5. The number of halogens is 1. The van der Waals surface area contributed by atoms with Gasteiger partial charge in [-0.15, -0.1) is 0 Å². The smallest absolute Gasteiger partial charge is 0.165 e. The van der Waals surface area contributed by atoms with Crippen molar-refractivity contribution < 1.29 is 9.13 Å². The summed E-state index contributed by atoms with van der Waals surface area (Å²) in [6, 6.07) is 5.00. The summed E-state index contributed by atoms with van der Waals surface area (Å²) in [4.78, 5) is 8.95. The molecular weight excluding hydrogens is 387 g/mol. The Morgan fingerprint density at radius 3 is 2.29 bits per heavy atom. The van der Waals surface area contributed by atoms with Crippen LogP contribution in [0.2, 0.25) is 0 Å². The van der Waals surface area contributed by atoms with Crippen LogP contribution in [0.5, 0.6) is 5.75 Å². The summed E-state index contributed by atoms with van der Waals surface area (Å²) in [6.07, 6.45) is 15.6. The van der Waals surface area contributed by atoms with Gasteiger partial charge in [-0.2, -0.15) is 0 Å². The van der Waals surface area contributed by atoms with Gasteiger partial charge in [0, 0.05) is 18.0 Å². The Bertz CT molecular complexity index is 745. The van der Waals surface area contributed by atoms with Crippen LogP contribution in [0.15, 0.2) is 30.6 Å². The fourth-order valence-corrected chi connectivity index (χ4v) is 3.81. The molecule has 1 atom stereocenters. The molecule has 0 aliphatic heterocycles. The van der Waals surface area contributed by atoms with Gasteiger partial charge < -0.3 is 4.74 Å². The number of hydrogen-bond acceptors (Lipinski definition) is 3. The Kier molecular flexibility index (Phi) is 11.6. The number of benzene rings is 1. The predicted molar refractivity (Wildman–Crippen MR) is 128 cm³/mol. The third kappa shape index (κ3) is 9.80. The lowest BCUT2D eigenvalue weighted by Gasteiger charge is -2.12. The topological polar surface area (TPSA) is 35.0 Å². The third-order valence-corrected chi connectivity index (χ3v) is 5.71. The Morgan fingerprint density at radius 1 is 0.903 bits per heavy atom. The molecule has 0 bridgehead atoms. The quantitative estimate of drug-likeness (QED) is 0.269. The second kappa shape index (κ2) is 14.2. The summed E-state index contributed by atoms with van der Waals surface area (Å²) in [7, 11) is 0. The number of nitrogens with zero attached hydrogens (tertiary/aromatic N) is 2. The first-order valence-corrected chi connectivity index (χ1v) is 12.2. The van der Waals surface area contributed by atoms with Crippen LogP contribution >= 0.6 is 0 Å². The van der Waals surface area contributed by atoms with Crippen molar-refractivity contribution in [1.29, 1.82) is 0 Å². The van der Waals surface area contributed by atoms with Crippen molar-refractivity contribution in [3.8, 4) is 17.1 Å². The third-order valence-electron chi connectivity index (χ3n) is 5.71. The molecule has 0 radical (unpaired) electrons. The molecule has 172 valence electrons. The van der Waals surface area contributed by atoms with Gasteiger partial charge in [-0.1, -0.05) is 79.1 Å². The summed E-state index contributed by atoms with van der Waals surface area (Å²) in [6.45, 7) is 9.60. The van der Waals surface area contributed by atoms with Crippen LogP contribution in [-0.4, -0.2) is 16.6 Å². The molecule has 0 N–H and O–H groups in total. The number of aromatic nitrogens is 2. The van der Waals surface area contributed by atoms with Crippen LogP contribution in [-0.2, 0) is 6.42 Å². The molecule has 0 spiro atoms. The van der Waals surface area contributed by atoms with Gasteiger partial charge in [0.25, 0.3) is 0 Å². The van der Waals surface area contributed by atoms with E-state index in [1.165, 1.54) is 51.0 Å². The first kappa shape index (κ1) is 25.3. The van der Waals surface area contributed by atoms with E-state index in [1.807, 2.05) is 18.5 Å². The molecular formula is C27H41FN2O. The Morgan fingerprint density at radius 2 is 1.61 bits per heavy atom. The fraction of sp³-hybridized carbons (Fsp3) is 0.630. The van der Waals surface area contributed by atoms with Gasteiger partial charge in [-0.3, -0.25) is 0 Å². The lowest BCUT2D eigenvalue weighted by Crippen LogP contribution is -2.03. The van der Waals surface area contributed by atoms with E-state index in [9.17, 15) is 4.39 Å². The monoisotopic (exact) mass is 428 g/mol. The van der Waals surface area contributed by atoms with E-state index in [-0.39, 0.29) is 5.82 Å². The maximum atomic E-state index is 14.5. The van der Waals surface area contributed by atoms with Crippen molar-refractivity contribution in [1.82, 2.24) is 9.97 Å². The van der Waals surface area contributed by atoms with Crippen molar-refractivity contribution in [3.05, 3.63) is 42.0 Å². The zero-order valence-corrected chi connectivity index (χ0v) is 20.0. The minimum atomic E-state index is -0.352. The molecule has 31 heavy (non-hydrogen) atoms. The highest BCUT2D eigenvalue weighted by atomic mass is 19.1. The van der Waals surface area contributed by atoms with Gasteiger partial charge >= 0.3 is 0 Å². The van der Waals surface area contributed by atoms with E-state index in [2.05, 4.69) is 37.7 Å². The van der Waals surface area contributed by atoms with Crippen molar-refractivity contribution in [2.75, 3.05) is 6.61 Å². The molecule has 0 aliphatic rings. The molecule has 3 nitrogen and oxygen atoms in total. The first-order chi connectivity index (χ1) is 15.0. The van der Waals surface area contributed by atoms with Crippen LogP contribution in [0.1, 0.15) is 91.0 Å². The Hall–Kier alpha value is -1.97. The lowest BCUT2D eigenvalue weighted by molar-refractivity contribution is 0.290. The lowest BCUT2D eigenvalue weighted by atomic mass is 9.95. The number of rotatable bonds is 15. The number of ether oxygens (including phenoxy) is 1. The highest BCUT2D eigenvalue weighted by molar-refractivity contribution is 5.56. The van der Waals surface area contributed by atoms with Crippen LogP contribution in [0.25, 0.3) is 11.4 Å². The maximum Gasteiger partial charge on any atom is 0.165 e. The van der Waals surface area contributed by atoms with Crippen molar-refractivity contribution in [2.24, 2.45) is 11.8 Å². The molecule has 1 aromatic heterocycles. The largest absolute Gasteiger partial charge is 0.491 e. The summed E-state index contributed by atoms with van der Waals surface area (Å²) in [5.74, 6) is 1.90. The SMILES string of the molecule is CCCCCCCCOc1ccc(-c2ncc(CC(C)CCCC(C)C)cn2)cc1F. The van der Waals surface area contributed by atoms with Gasteiger partial charge in [0.2, 0.25) is 0 Å². The highest BCUT2D eigenvalue weighted by Gasteiger charge is 2.10. The molecule has 2 aromatic rings. The minimum Gasteiger partial charge on any atom is -0.491 e. The standard InChI is InChI=1S/C27H41FN2O/c1-5-6-7-8-9-10-16-31-26-15-14-24(18-25(26)28)27-29-19-23(20-30-27)17-22(4)13-11-12-21(2)3/h14-15,18-22H,5-13,16-17H2,1-4H3. The molecule has 1 heterocycles. The molecule has 1 unspecified atom stereocenters. The molecule has 2 rings (SSSR count). The average Bonchev–Trinajstić information content (AvgIpc) is 2.74. The normalized spacial score (nSPS) is 12.3. The summed E-state index contributed by atoms with van der Waals surface area (Å²) in [5, 5.41) is 0. The molecule has 0 amide bonds. The van der Waals surface area contributed by atoms with Crippen LogP contribution in [0.4, 0.5) is 4.39 Å². The summed E-state index contributed by atoms with van der Waals surface area (Å²) in [5.41, 5.74) is 1.82. The first-order valence-electron chi connectivity index (χ1n) is 12.2. The van der Waals surface area contributed by atoms with Crippen LogP contribution < -0.4 is 4.74 Å². The number of hydrogen-bond donors (Lipinski definition) is 0. The Balaban J connectivity index is 1.81. The van der Waals surface area contributed by atoms with Crippen molar-refractivity contribution in [3.63, 3.8) is 0 Å². The van der Waals surface area contributed by atoms with E-state index in [4.69, 9.17) is 4.74 Å². The van der Waals surface area contributed by atoms with E-state index in [0.29, 0.717) is 29.7 Å². The molecule has 0 saturated heterocycles. The van der Waals surface area contributed by atoms with Gasteiger partial charge in [0.05, 0.1) is 6.61 Å². The predicted octanol–water partition coefficient (Wildman–Crippen LogP) is 8.03. The van der Waals surface area contributed by atoms with Gasteiger partial charge in [0.15, 0.2) is 17.4 Å². The van der Waals surface area contributed by atoms with Crippen molar-refractivity contribution >= 4 is 0 Å². The average molecular weight is 429 g/mol. The summed E-state index contributed by atoms with van der Waals surface area (Å²) >= 11 is 0. The van der Waals surface area contributed by atoms with Gasteiger partial charge in [0.1, 0.15) is 0 Å². The van der Waals surface area contributed by atoms with E-state index in [0.717, 1.165) is 30.7 Å². The fourth-order valence-electron chi connectivity index (χ4n) is 3.81. The van der Waals surface area contributed by atoms with Crippen molar-refractivity contribution in [2.45, 2.75) is 91.9 Å². The molecule has 0 aliphatic carbocycles. The summed E-state index contributed by atoms with van der Waals surface area (Å²) < 4.78 is 20.1. The van der Waals surface area contributed by atoms with Gasteiger partial charge in [-0.05, 0) is 48.4 Å².